The minimum absolute atomic E-state index is 0.121. The van der Waals surface area contributed by atoms with Crippen molar-refractivity contribution in [3.63, 3.8) is 0 Å². The third-order valence-electron chi connectivity index (χ3n) is 4.49. The summed E-state index contributed by atoms with van der Waals surface area (Å²) in [4.78, 5) is 24.3. The van der Waals surface area contributed by atoms with E-state index in [-0.39, 0.29) is 10.7 Å². The van der Waals surface area contributed by atoms with Gasteiger partial charge in [0.25, 0.3) is 0 Å². The number of sulfone groups is 1. The highest BCUT2D eigenvalue weighted by Crippen LogP contribution is 2.47. The minimum atomic E-state index is -3.77. The summed E-state index contributed by atoms with van der Waals surface area (Å²) in [6.45, 7) is 3.31. The molecule has 1 N–H and O–H groups in total. The number of carbonyl (C=O) groups excluding carboxylic acids is 2. The zero-order chi connectivity index (χ0) is 18.2. The lowest BCUT2D eigenvalue weighted by Gasteiger charge is -2.17. The Morgan fingerprint density at radius 2 is 1.68 bits per heavy atom. The second-order valence-corrected chi connectivity index (χ2v) is 8.66. The van der Waals surface area contributed by atoms with Crippen LogP contribution in [0, 0.1) is 6.92 Å². The molecule has 0 spiro atoms. The minimum Gasteiger partial charge on any atom is -0.325 e. The Bertz CT molecular complexity index is 942. The number of amides is 1. The smallest absolute Gasteiger partial charge is 0.246 e. The van der Waals surface area contributed by atoms with Crippen LogP contribution in [0.4, 0.5) is 5.69 Å². The summed E-state index contributed by atoms with van der Waals surface area (Å²) >= 11 is 0. The number of hydrogen-bond donors (Lipinski definition) is 1. The van der Waals surface area contributed by atoms with Crippen LogP contribution in [-0.2, 0) is 14.6 Å². The SMILES string of the molecule is CC(=O)c1cccc(NC(=O)C2(S(=O)(=O)c3ccc(C)cc3)CC2)c1. The summed E-state index contributed by atoms with van der Waals surface area (Å²) in [5, 5.41) is 2.66. The molecule has 25 heavy (non-hydrogen) atoms. The van der Waals surface area contributed by atoms with Crippen molar-refractivity contribution in [3.8, 4) is 0 Å². The summed E-state index contributed by atoms with van der Waals surface area (Å²) in [6.07, 6.45) is 0.586. The van der Waals surface area contributed by atoms with Gasteiger partial charge < -0.3 is 5.32 Å². The molecule has 1 fully saturated rings. The largest absolute Gasteiger partial charge is 0.325 e. The summed E-state index contributed by atoms with van der Waals surface area (Å²) in [5.74, 6) is -0.668. The lowest BCUT2D eigenvalue weighted by atomic mass is 10.1. The zero-order valence-electron chi connectivity index (χ0n) is 14.1. The Balaban J connectivity index is 1.87. The van der Waals surface area contributed by atoms with Gasteiger partial charge in [0.15, 0.2) is 20.4 Å². The second-order valence-electron chi connectivity index (χ2n) is 6.40. The summed E-state index contributed by atoms with van der Waals surface area (Å²) in [7, 11) is -3.77. The van der Waals surface area contributed by atoms with Crippen molar-refractivity contribution in [2.75, 3.05) is 5.32 Å². The fourth-order valence-electron chi connectivity index (χ4n) is 2.74. The van der Waals surface area contributed by atoms with Gasteiger partial charge in [-0.1, -0.05) is 29.8 Å². The first-order chi connectivity index (χ1) is 11.8. The van der Waals surface area contributed by atoms with Gasteiger partial charge in [0.2, 0.25) is 5.91 Å². The Hall–Kier alpha value is -2.47. The Morgan fingerprint density at radius 1 is 1.04 bits per heavy atom. The molecule has 2 aromatic carbocycles. The van der Waals surface area contributed by atoms with Gasteiger partial charge in [-0.3, -0.25) is 9.59 Å². The van der Waals surface area contributed by atoms with Gasteiger partial charge in [-0.15, -0.1) is 0 Å². The summed E-state index contributed by atoms with van der Waals surface area (Å²) in [5.41, 5.74) is 1.83. The molecule has 130 valence electrons. The van der Waals surface area contributed by atoms with Gasteiger partial charge in [0, 0.05) is 11.3 Å². The number of carbonyl (C=O) groups is 2. The quantitative estimate of drug-likeness (QED) is 0.834. The van der Waals surface area contributed by atoms with E-state index in [1.54, 1.807) is 36.4 Å². The van der Waals surface area contributed by atoms with E-state index in [2.05, 4.69) is 5.32 Å². The van der Waals surface area contributed by atoms with Crippen LogP contribution in [-0.4, -0.2) is 24.9 Å². The average Bonchev–Trinajstić information content (AvgIpc) is 3.38. The van der Waals surface area contributed by atoms with E-state index < -0.39 is 20.5 Å². The van der Waals surface area contributed by atoms with E-state index in [4.69, 9.17) is 0 Å². The fraction of sp³-hybridized carbons (Fsp3) is 0.263. The van der Waals surface area contributed by atoms with Crippen LogP contribution in [0.15, 0.2) is 53.4 Å². The van der Waals surface area contributed by atoms with E-state index in [1.165, 1.54) is 19.1 Å². The molecule has 0 heterocycles. The monoisotopic (exact) mass is 357 g/mol. The molecular weight excluding hydrogens is 338 g/mol. The van der Waals surface area contributed by atoms with E-state index in [0.29, 0.717) is 24.1 Å². The van der Waals surface area contributed by atoms with Crippen molar-refractivity contribution >= 4 is 27.2 Å². The Kier molecular flexibility index (Phi) is 4.24. The van der Waals surface area contributed by atoms with E-state index in [9.17, 15) is 18.0 Å². The van der Waals surface area contributed by atoms with E-state index >= 15 is 0 Å². The molecule has 2 aromatic rings. The highest BCUT2D eigenvalue weighted by molar-refractivity contribution is 7.94. The van der Waals surface area contributed by atoms with Crippen molar-refractivity contribution in [2.45, 2.75) is 36.3 Å². The molecule has 0 aromatic heterocycles. The van der Waals surface area contributed by atoms with Crippen molar-refractivity contribution in [1.29, 1.82) is 0 Å². The van der Waals surface area contributed by atoms with Crippen LogP contribution in [0.3, 0.4) is 0 Å². The predicted octanol–water partition coefficient (Wildman–Crippen LogP) is 3.14. The van der Waals surface area contributed by atoms with Crippen molar-refractivity contribution in [3.05, 3.63) is 59.7 Å². The Morgan fingerprint density at radius 3 is 2.24 bits per heavy atom. The normalized spacial score (nSPS) is 15.4. The van der Waals surface area contributed by atoms with Gasteiger partial charge in [0.05, 0.1) is 4.90 Å². The first kappa shape index (κ1) is 17.4. The third kappa shape index (κ3) is 3.09. The highest BCUT2D eigenvalue weighted by atomic mass is 32.2. The number of nitrogens with one attached hydrogen (secondary N) is 1. The van der Waals surface area contributed by atoms with Crippen molar-refractivity contribution in [2.24, 2.45) is 0 Å². The zero-order valence-corrected chi connectivity index (χ0v) is 14.9. The summed E-state index contributed by atoms with van der Waals surface area (Å²) < 4.78 is 24.4. The molecular formula is C19H19NO4S. The number of benzene rings is 2. The van der Waals surface area contributed by atoms with Gasteiger partial charge in [-0.05, 0) is 51.0 Å². The molecule has 1 amide bonds. The maximum absolute atomic E-state index is 12.9. The first-order valence-electron chi connectivity index (χ1n) is 8.00. The maximum Gasteiger partial charge on any atom is 0.246 e. The number of rotatable bonds is 5. The number of Topliss-reactive ketones (excluding diaryl/α,β-unsaturated/α-hetero) is 1. The van der Waals surface area contributed by atoms with Crippen LogP contribution in [0.1, 0.15) is 35.7 Å². The van der Waals surface area contributed by atoms with E-state index in [0.717, 1.165) is 5.56 Å². The molecule has 0 atom stereocenters. The number of aryl methyl sites for hydroxylation is 1. The molecule has 5 nitrogen and oxygen atoms in total. The molecule has 1 aliphatic carbocycles. The van der Waals surface area contributed by atoms with Crippen LogP contribution in [0.25, 0.3) is 0 Å². The van der Waals surface area contributed by atoms with Gasteiger partial charge in [0.1, 0.15) is 0 Å². The topological polar surface area (TPSA) is 80.3 Å². The maximum atomic E-state index is 12.9. The molecule has 1 aliphatic rings. The van der Waals surface area contributed by atoms with E-state index in [1.807, 2.05) is 6.92 Å². The molecule has 0 unspecified atom stereocenters. The van der Waals surface area contributed by atoms with Gasteiger partial charge >= 0.3 is 0 Å². The molecule has 1 saturated carbocycles. The number of hydrogen-bond acceptors (Lipinski definition) is 4. The first-order valence-corrected chi connectivity index (χ1v) is 9.48. The average molecular weight is 357 g/mol. The molecule has 3 rings (SSSR count). The van der Waals surface area contributed by atoms with Crippen LogP contribution < -0.4 is 5.32 Å². The van der Waals surface area contributed by atoms with Gasteiger partial charge in [-0.2, -0.15) is 0 Å². The van der Waals surface area contributed by atoms with Gasteiger partial charge in [-0.25, -0.2) is 8.42 Å². The number of ketones is 1. The number of anilines is 1. The lowest BCUT2D eigenvalue weighted by Crippen LogP contribution is -2.37. The van der Waals surface area contributed by atoms with Crippen molar-refractivity contribution in [1.82, 2.24) is 0 Å². The second kappa shape index (κ2) is 6.11. The molecule has 6 heteroatoms. The lowest BCUT2D eigenvalue weighted by molar-refractivity contribution is -0.116. The fourth-order valence-corrected chi connectivity index (χ4v) is 4.62. The Labute approximate surface area is 147 Å². The molecule has 0 radical (unpaired) electrons. The van der Waals surface area contributed by atoms with Crippen LogP contribution >= 0.6 is 0 Å². The van der Waals surface area contributed by atoms with Crippen molar-refractivity contribution < 1.29 is 18.0 Å². The standard InChI is InChI=1S/C19H19NO4S/c1-13-6-8-17(9-7-13)25(23,24)19(10-11-19)18(22)20-16-5-3-4-15(12-16)14(2)21/h3-9,12H,10-11H2,1-2H3,(H,20,22). The molecule has 0 bridgehead atoms. The summed E-state index contributed by atoms with van der Waals surface area (Å²) in [6, 6.07) is 13.0. The van der Waals surface area contributed by atoms with Crippen LogP contribution in [0.2, 0.25) is 0 Å². The van der Waals surface area contributed by atoms with Crippen LogP contribution in [0.5, 0.6) is 0 Å². The highest BCUT2D eigenvalue weighted by Gasteiger charge is 2.61. The molecule has 0 saturated heterocycles. The predicted molar refractivity (Wildman–Crippen MR) is 95.4 cm³/mol. The molecule has 0 aliphatic heterocycles. The third-order valence-corrected chi connectivity index (χ3v) is 7.01.